The highest BCUT2D eigenvalue weighted by atomic mass is 32.1. The highest BCUT2D eigenvalue weighted by molar-refractivity contribution is 7.16. The SMILES string of the molecule is CC1Nc2nc(N3CCN(C(C)c4ccc5scnc5c4)CC3)ncc2NC1=O. The molecule has 0 bridgehead atoms. The number of fused-ring (bicyclic) bond motifs is 2. The van der Waals surface area contributed by atoms with E-state index in [2.05, 4.69) is 60.5 Å². The van der Waals surface area contributed by atoms with Gasteiger partial charge < -0.3 is 15.5 Å². The fourth-order valence-electron chi connectivity index (χ4n) is 3.89. The molecule has 2 aliphatic heterocycles. The second-order valence-electron chi connectivity index (χ2n) is 7.57. The Balaban J connectivity index is 1.26. The third-order valence-electron chi connectivity index (χ3n) is 5.76. The van der Waals surface area contributed by atoms with Crippen molar-refractivity contribution in [2.24, 2.45) is 0 Å². The first-order chi connectivity index (χ1) is 14.1. The Bertz CT molecular complexity index is 1060. The number of aromatic nitrogens is 3. The smallest absolute Gasteiger partial charge is 0.246 e. The van der Waals surface area contributed by atoms with E-state index >= 15 is 0 Å². The van der Waals surface area contributed by atoms with E-state index in [1.54, 1.807) is 17.5 Å². The van der Waals surface area contributed by atoms with Crippen LogP contribution in [0.2, 0.25) is 0 Å². The number of hydrogen-bond acceptors (Lipinski definition) is 8. The van der Waals surface area contributed by atoms with Gasteiger partial charge in [-0.05, 0) is 31.5 Å². The van der Waals surface area contributed by atoms with Gasteiger partial charge in [-0.2, -0.15) is 4.98 Å². The molecule has 2 N–H and O–H groups in total. The summed E-state index contributed by atoms with van der Waals surface area (Å²) >= 11 is 1.68. The highest BCUT2D eigenvalue weighted by Gasteiger charge is 2.27. The first-order valence-corrected chi connectivity index (χ1v) is 10.7. The van der Waals surface area contributed by atoms with E-state index in [0.29, 0.717) is 23.5 Å². The molecule has 0 radical (unpaired) electrons. The van der Waals surface area contributed by atoms with Crippen LogP contribution >= 0.6 is 11.3 Å². The molecule has 1 aromatic carbocycles. The number of benzene rings is 1. The normalized spacial score (nSPS) is 20.8. The molecule has 8 nitrogen and oxygen atoms in total. The Morgan fingerprint density at radius 1 is 1.21 bits per heavy atom. The van der Waals surface area contributed by atoms with E-state index in [1.807, 2.05) is 12.4 Å². The van der Waals surface area contributed by atoms with Crippen molar-refractivity contribution < 1.29 is 4.79 Å². The number of carbonyl (C=O) groups is 1. The van der Waals surface area contributed by atoms with Crippen LogP contribution in [0.4, 0.5) is 17.5 Å². The molecule has 0 spiro atoms. The third kappa shape index (κ3) is 3.40. The summed E-state index contributed by atoms with van der Waals surface area (Å²) in [6.45, 7) is 7.69. The molecule has 5 rings (SSSR count). The molecule has 1 saturated heterocycles. The van der Waals surface area contributed by atoms with Gasteiger partial charge >= 0.3 is 0 Å². The average Bonchev–Trinajstić information content (AvgIpc) is 3.22. The zero-order valence-corrected chi connectivity index (χ0v) is 17.2. The van der Waals surface area contributed by atoms with Crippen LogP contribution in [0.15, 0.2) is 29.9 Å². The van der Waals surface area contributed by atoms with E-state index < -0.39 is 0 Å². The van der Waals surface area contributed by atoms with Crippen molar-refractivity contribution in [2.75, 3.05) is 41.7 Å². The molecule has 4 heterocycles. The van der Waals surface area contributed by atoms with Crippen LogP contribution in [-0.2, 0) is 4.79 Å². The molecule has 2 aliphatic rings. The van der Waals surface area contributed by atoms with Crippen LogP contribution < -0.4 is 15.5 Å². The Morgan fingerprint density at radius 3 is 2.86 bits per heavy atom. The summed E-state index contributed by atoms with van der Waals surface area (Å²) in [6.07, 6.45) is 1.69. The summed E-state index contributed by atoms with van der Waals surface area (Å²) < 4.78 is 1.23. The van der Waals surface area contributed by atoms with Crippen LogP contribution in [0.3, 0.4) is 0 Å². The van der Waals surface area contributed by atoms with Crippen molar-refractivity contribution in [1.29, 1.82) is 0 Å². The van der Waals surface area contributed by atoms with Crippen LogP contribution in [0.25, 0.3) is 10.2 Å². The summed E-state index contributed by atoms with van der Waals surface area (Å²) in [7, 11) is 0. The lowest BCUT2D eigenvalue weighted by molar-refractivity contribution is -0.116. The fraction of sp³-hybridized carbons (Fsp3) is 0.400. The zero-order chi connectivity index (χ0) is 20.0. The Labute approximate surface area is 173 Å². The molecule has 150 valence electrons. The van der Waals surface area contributed by atoms with E-state index in [4.69, 9.17) is 0 Å². The molecule has 29 heavy (non-hydrogen) atoms. The maximum atomic E-state index is 11.8. The van der Waals surface area contributed by atoms with Gasteiger partial charge in [-0.3, -0.25) is 9.69 Å². The fourth-order valence-corrected chi connectivity index (χ4v) is 4.55. The number of nitrogens with one attached hydrogen (secondary N) is 2. The van der Waals surface area contributed by atoms with Gasteiger partial charge in [0.25, 0.3) is 0 Å². The van der Waals surface area contributed by atoms with Gasteiger partial charge in [-0.15, -0.1) is 11.3 Å². The Hall–Kier alpha value is -2.78. The number of thiazole rings is 1. The van der Waals surface area contributed by atoms with Gasteiger partial charge in [0.15, 0.2) is 5.82 Å². The molecule has 1 fully saturated rings. The predicted molar refractivity (Wildman–Crippen MR) is 116 cm³/mol. The lowest BCUT2D eigenvalue weighted by Crippen LogP contribution is -2.48. The maximum absolute atomic E-state index is 11.8. The second kappa shape index (κ2) is 7.23. The molecule has 2 unspecified atom stereocenters. The van der Waals surface area contributed by atoms with Crippen molar-refractivity contribution >= 4 is 44.9 Å². The van der Waals surface area contributed by atoms with E-state index in [9.17, 15) is 4.79 Å². The van der Waals surface area contributed by atoms with Crippen molar-refractivity contribution in [1.82, 2.24) is 19.9 Å². The van der Waals surface area contributed by atoms with E-state index in [-0.39, 0.29) is 11.9 Å². The second-order valence-corrected chi connectivity index (χ2v) is 8.45. The van der Waals surface area contributed by atoms with Gasteiger partial charge in [0.1, 0.15) is 11.7 Å². The van der Waals surface area contributed by atoms with Crippen LogP contribution in [0, 0.1) is 0 Å². The molecule has 2 atom stereocenters. The standard InChI is InChI=1S/C20H23N7OS/c1-12-19(28)24-16-10-21-20(25-18(16)23-12)27-7-5-26(6-8-27)13(2)14-3-4-17-15(9-14)22-11-29-17/h3-4,9-13H,5-8H2,1-2H3,(H,24,28)(H,21,23,25). The molecule has 0 aliphatic carbocycles. The number of nitrogens with zero attached hydrogens (tertiary/aromatic N) is 5. The van der Waals surface area contributed by atoms with E-state index in [0.717, 1.165) is 31.7 Å². The summed E-state index contributed by atoms with van der Waals surface area (Å²) in [5.74, 6) is 1.33. The van der Waals surface area contributed by atoms with Gasteiger partial charge in [0.2, 0.25) is 11.9 Å². The lowest BCUT2D eigenvalue weighted by Gasteiger charge is -2.38. The summed E-state index contributed by atoms with van der Waals surface area (Å²) in [5, 5.41) is 5.98. The minimum atomic E-state index is -0.294. The molecule has 2 aromatic heterocycles. The van der Waals surface area contributed by atoms with E-state index in [1.165, 1.54) is 10.3 Å². The van der Waals surface area contributed by atoms with Gasteiger partial charge in [0, 0.05) is 32.2 Å². The lowest BCUT2D eigenvalue weighted by atomic mass is 10.1. The number of rotatable bonds is 3. The van der Waals surface area contributed by atoms with Crippen LogP contribution in [-0.4, -0.2) is 58.0 Å². The Morgan fingerprint density at radius 2 is 2.03 bits per heavy atom. The van der Waals surface area contributed by atoms with Crippen molar-refractivity contribution in [3.05, 3.63) is 35.5 Å². The van der Waals surface area contributed by atoms with Crippen LogP contribution in [0.1, 0.15) is 25.5 Å². The minimum Gasteiger partial charge on any atom is -0.357 e. The number of carbonyl (C=O) groups excluding carboxylic acids is 1. The number of piperazine rings is 1. The zero-order valence-electron chi connectivity index (χ0n) is 16.4. The number of amides is 1. The minimum absolute atomic E-state index is 0.0627. The molecular weight excluding hydrogens is 386 g/mol. The van der Waals surface area contributed by atoms with Crippen molar-refractivity contribution in [3.63, 3.8) is 0 Å². The maximum Gasteiger partial charge on any atom is 0.246 e. The average molecular weight is 410 g/mol. The first-order valence-electron chi connectivity index (χ1n) is 9.85. The van der Waals surface area contributed by atoms with Crippen molar-refractivity contribution in [3.8, 4) is 0 Å². The molecule has 3 aromatic rings. The van der Waals surface area contributed by atoms with Gasteiger partial charge in [-0.25, -0.2) is 9.97 Å². The van der Waals surface area contributed by atoms with Crippen LogP contribution in [0.5, 0.6) is 0 Å². The monoisotopic (exact) mass is 409 g/mol. The van der Waals surface area contributed by atoms with Crippen molar-refractivity contribution in [2.45, 2.75) is 25.9 Å². The highest BCUT2D eigenvalue weighted by Crippen LogP contribution is 2.29. The molecule has 9 heteroatoms. The summed E-state index contributed by atoms with van der Waals surface area (Å²) in [5.41, 5.74) is 4.92. The Kier molecular flexibility index (Phi) is 4.56. The quantitative estimate of drug-likeness (QED) is 0.688. The topological polar surface area (TPSA) is 86.3 Å². The first kappa shape index (κ1) is 18.3. The largest absolute Gasteiger partial charge is 0.357 e. The predicted octanol–water partition coefficient (Wildman–Crippen LogP) is 2.72. The molecule has 1 amide bonds. The summed E-state index contributed by atoms with van der Waals surface area (Å²) in [6, 6.07) is 6.63. The third-order valence-corrected chi connectivity index (χ3v) is 6.57. The van der Waals surface area contributed by atoms with Gasteiger partial charge in [-0.1, -0.05) is 6.07 Å². The summed E-state index contributed by atoms with van der Waals surface area (Å²) in [4.78, 5) is 30.0. The van der Waals surface area contributed by atoms with Gasteiger partial charge in [0.05, 0.1) is 21.9 Å². The molecular formula is C20H23N7OS. The molecule has 0 saturated carbocycles. The number of anilines is 3. The number of hydrogen-bond donors (Lipinski definition) is 2.